The second-order valence-electron chi connectivity index (χ2n) is 6.73. The molecule has 0 bridgehead atoms. The lowest BCUT2D eigenvalue weighted by Gasteiger charge is -2.38. The summed E-state index contributed by atoms with van der Waals surface area (Å²) in [5, 5.41) is 10.2. The topological polar surface area (TPSA) is 23.5 Å². The minimum Gasteiger partial charge on any atom is -0.393 e. The minimum absolute atomic E-state index is 0.0474. The van der Waals surface area contributed by atoms with Gasteiger partial charge in [0, 0.05) is 12.6 Å². The van der Waals surface area contributed by atoms with Crippen molar-refractivity contribution in [2.45, 2.75) is 76.9 Å². The fourth-order valence-corrected chi connectivity index (χ4v) is 4.03. The van der Waals surface area contributed by atoms with Gasteiger partial charge in [-0.25, -0.2) is 0 Å². The Bertz CT molecular complexity index is 243. The van der Waals surface area contributed by atoms with Crippen LogP contribution in [0.1, 0.15) is 64.7 Å². The van der Waals surface area contributed by atoms with Gasteiger partial charge in [-0.3, -0.25) is 0 Å². The first-order valence-corrected chi connectivity index (χ1v) is 8.07. The molecule has 0 heterocycles. The molecule has 0 aliphatic heterocycles. The van der Waals surface area contributed by atoms with E-state index in [0.717, 1.165) is 24.9 Å². The molecule has 4 atom stereocenters. The fourth-order valence-electron chi connectivity index (χ4n) is 4.03. The second kappa shape index (κ2) is 6.91. The van der Waals surface area contributed by atoms with Crippen LogP contribution in [0, 0.1) is 11.8 Å². The molecular weight excluding hydrogens is 222 g/mol. The van der Waals surface area contributed by atoms with Crippen LogP contribution in [0.5, 0.6) is 0 Å². The van der Waals surface area contributed by atoms with Crippen molar-refractivity contribution < 1.29 is 5.11 Å². The summed E-state index contributed by atoms with van der Waals surface area (Å²) in [4.78, 5) is 2.56. The van der Waals surface area contributed by atoms with Crippen LogP contribution in [0.4, 0.5) is 0 Å². The molecule has 1 N–H and O–H groups in total. The molecule has 2 rings (SSSR count). The molecular formula is C16H31NO. The van der Waals surface area contributed by atoms with E-state index in [4.69, 9.17) is 0 Å². The number of hydrogen-bond acceptors (Lipinski definition) is 2. The van der Waals surface area contributed by atoms with Gasteiger partial charge in [0.1, 0.15) is 0 Å². The lowest BCUT2D eigenvalue weighted by atomic mass is 9.84. The van der Waals surface area contributed by atoms with Gasteiger partial charge in [-0.2, -0.15) is 0 Å². The van der Waals surface area contributed by atoms with Crippen LogP contribution < -0.4 is 0 Å². The third kappa shape index (κ3) is 3.71. The Balaban J connectivity index is 1.86. The van der Waals surface area contributed by atoms with Crippen LogP contribution in [-0.2, 0) is 0 Å². The molecule has 0 aromatic rings. The third-order valence-corrected chi connectivity index (χ3v) is 5.27. The van der Waals surface area contributed by atoms with Crippen molar-refractivity contribution >= 4 is 0 Å². The SMILES string of the molecule is CC1CCCCC1N(C)CC1CCCCCC1O. The van der Waals surface area contributed by atoms with E-state index >= 15 is 0 Å². The normalized spacial score (nSPS) is 38.7. The third-order valence-electron chi connectivity index (χ3n) is 5.27. The minimum atomic E-state index is -0.0474. The van der Waals surface area contributed by atoms with E-state index in [1.165, 1.54) is 51.4 Å². The molecule has 18 heavy (non-hydrogen) atoms. The Morgan fingerprint density at radius 2 is 1.61 bits per heavy atom. The molecule has 0 radical (unpaired) electrons. The zero-order valence-electron chi connectivity index (χ0n) is 12.3. The van der Waals surface area contributed by atoms with Crippen LogP contribution in [-0.4, -0.2) is 35.7 Å². The highest BCUT2D eigenvalue weighted by Crippen LogP contribution is 2.30. The van der Waals surface area contributed by atoms with Crippen molar-refractivity contribution in [3.05, 3.63) is 0 Å². The van der Waals surface area contributed by atoms with Gasteiger partial charge in [0.2, 0.25) is 0 Å². The predicted molar refractivity (Wildman–Crippen MR) is 76.6 cm³/mol. The van der Waals surface area contributed by atoms with Crippen molar-refractivity contribution in [2.75, 3.05) is 13.6 Å². The predicted octanol–water partition coefficient (Wildman–Crippen LogP) is 3.44. The van der Waals surface area contributed by atoms with Gasteiger partial charge < -0.3 is 10.0 Å². The van der Waals surface area contributed by atoms with E-state index in [1.54, 1.807) is 0 Å². The van der Waals surface area contributed by atoms with Crippen LogP contribution in [0.15, 0.2) is 0 Å². The summed E-state index contributed by atoms with van der Waals surface area (Å²) in [6, 6.07) is 0.759. The van der Waals surface area contributed by atoms with Gasteiger partial charge in [-0.05, 0) is 44.6 Å². The Labute approximate surface area is 113 Å². The highest BCUT2D eigenvalue weighted by atomic mass is 16.3. The van der Waals surface area contributed by atoms with E-state index in [-0.39, 0.29) is 6.10 Å². The van der Waals surface area contributed by atoms with Crippen molar-refractivity contribution in [3.8, 4) is 0 Å². The van der Waals surface area contributed by atoms with Gasteiger partial charge in [-0.15, -0.1) is 0 Å². The maximum Gasteiger partial charge on any atom is 0.0580 e. The number of nitrogens with zero attached hydrogens (tertiary/aromatic N) is 1. The maximum absolute atomic E-state index is 10.2. The molecule has 0 amide bonds. The largest absolute Gasteiger partial charge is 0.393 e. The summed E-state index contributed by atoms with van der Waals surface area (Å²) >= 11 is 0. The quantitative estimate of drug-likeness (QED) is 0.779. The summed E-state index contributed by atoms with van der Waals surface area (Å²) in [6.07, 6.45) is 11.6. The highest BCUT2D eigenvalue weighted by molar-refractivity contribution is 4.83. The van der Waals surface area contributed by atoms with Crippen molar-refractivity contribution in [3.63, 3.8) is 0 Å². The maximum atomic E-state index is 10.2. The Kier molecular flexibility index (Phi) is 5.50. The summed E-state index contributed by atoms with van der Waals surface area (Å²) < 4.78 is 0. The average molecular weight is 253 g/mol. The molecule has 0 spiro atoms. The lowest BCUT2D eigenvalue weighted by Crippen LogP contribution is -2.43. The van der Waals surface area contributed by atoms with Gasteiger partial charge >= 0.3 is 0 Å². The first-order valence-electron chi connectivity index (χ1n) is 8.07. The van der Waals surface area contributed by atoms with E-state index in [9.17, 15) is 5.11 Å². The summed E-state index contributed by atoms with van der Waals surface area (Å²) in [6.45, 7) is 3.51. The Hall–Kier alpha value is -0.0800. The molecule has 0 aromatic carbocycles. The summed E-state index contributed by atoms with van der Waals surface area (Å²) in [5.41, 5.74) is 0. The number of rotatable bonds is 3. The second-order valence-corrected chi connectivity index (χ2v) is 6.73. The molecule has 0 saturated heterocycles. The summed E-state index contributed by atoms with van der Waals surface area (Å²) in [7, 11) is 2.28. The van der Waals surface area contributed by atoms with Crippen molar-refractivity contribution in [2.24, 2.45) is 11.8 Å². The van der Waals surface area contributed by atoms with Gasteiger partial charge in [0.25, 0.3) is 0 Å². The first-order chi connectivity index (χ1) is 8.68. The number of hydrogen-bond donors (Lipinski definition) is 1. The van der Waals surface area contributed by atoms with Crippen LogP contribution in [0.2, 0.25) is 0 Å². The van der Waals surface area contributed by atoms with Gasteiger partial charge in [0.15, 0.2) is 0 Å². The molecule has 106 valence electrons. The van der Waals surface area contributed by atoms with Crippen LogP contribution in [0.25, 0.3) is 0 Å². The Morgan fingerprint density at radius 3 is 2.39 bits per heavy atom. The molecule has 2 fully saturated rings. The number of aliphatic hydroxyl groups excluding tert-OH is 1. The Morgan fingerprint density at radius 1 is 0.944 bits per heavy atom. The van der Waals surface area contributed by atoms with E-state index < -0.39 is 0 Å². The van der Waals surface area contributed by atoms with Crippen LogP contribution >= 0.6 is 0 Å². The fraction of sp³-hybridized carbons (Fsp3) is 1.00. The van der Waals surface area contributed by atoms with Crippen molar-refractivity contribution in [1.82, 2.24) is 4.90 Å². The van der Waals surface area contributed by atoms with Crippen molar-refractivity contribution in [1.29, 1.82) is 0 Å². The molecule has 2 aliphatic carbocycles. The highest BCUT2D eigenvalue weighted by Gasteiger charge is 2.29. The monoisotopic (exact) mass is 253 g/mol. The van der Waals surface area contributed by atoms with Gasteiger partial charge in [-0.1, -0.05) is 39.0 Å². The van der Waals surface area contributed by atoms with E-state index in [0.29, 0.717) is 5.92 Å². The standard InChI is InChI=1S/C16H31NO/c1-13-8-6-7-10-15(13)17(2)12-14-9-4-3-5-11-16(14)18/h13-16,18H,3-12H2,1-2H3. The first kappa shape index (κ1) is 14.3. The molecule has 2 saturated carbocycles. The smallest absolute Gasteiger partial charge is 0.0580 e. The molecule has 2 nitrogen and oxygen atoms in total. The van der Waals surface area contributed by atoms with Crippen LogP contribution in [0.3, 0.4) is 0 Å². The average Bonchev–Trinajstić information content (AvgIpc) is 2.55. The molecule has 4 unspecified atom stereocenters. The van der Waals surface area contributed by atoms with E-state index in [2.05, 4.69) is 18.9 Å². The molecule has 2 aliphatic rings. The number of aliphatic hydroxyl groups is 1. The lowest BCUT2D eigenvalue weighted by molar-refractivity contribution is 0.0522. The van der Waals surface area contributed by atoms with Gasteiger partial charge in [0.05, 0.1) is 6.10 Å². The molecule has 0 aromatic heterocycles. The zero-order valence-corrected chi connectivity index (χ0v) is 12.3. The zero-order chi connectivity index (χ0) is 13.0. The van der Waals surface area contributed by atoms with E-state index in [1.807, 2.05) is 0 Å². The summed E-state index contributed by atoms with van der Waals surface area (Å²) in [5.74, 6) is 1.36. The molecule has 2 heteroatoms.